The maximum absolute atomic E-state index is 4.23. The lowest BCUT2D eigenvalue weighted by molar-refractivity contribution is 0.373. The lowest BCUT2D eigenvalue weighted by Gasteiger charge is -2.22. The van der Waals surface area contributed by atoms with E-state index in [2.05, 4.69) is 33.5 Å². The number of hydrogen-bond donors (Lipinski definition) is 2. The smallest absolute Gasteiger partial charge is 0.0931 e. The Morgan fingerprint density at radius 2 is 2.12 bits per heavy atom. The highest BCUT2D eigenvalue weighted by atomic mass is 14.9. The number of aromatic nitrogens is 2. The largest absolute Gasteiger partial charge is 0.385 e. The Bertz CT molecular complexity index is 483. The highest BCUT2D eigenvalue weighted by Crippen LogP contribution is 2.24. The molecule has 0 unspecified atom stereocenters. The molecule has 0 aliphatic heterocycles. The standard InChI is InChI=1S/C14H19N3/c1-2-4-11(5-3-1)9-15-12-6-7-13-14(8-12)17-10-16-13/h6-8,10-11,15H,1-5,9H2,(H,16,17). The van der Waals surface area contributed by atoms with Gasteiger partial charge < -0.3 is 10.3 Å². The zero-order valence-corrected chi connectivity index (χ0v) is 10.1. The van der Waals surface area contributed by atoms with Crippen molar-refractivity contribution in [1.29, 1.82) is 0 Å². The summed E-state index contributed by atoms with van der Waals surface area (Å²) in [6, 6.07) is 6.33. The van der Waals surface area contributed by atoms with Crippen molar-refractivity contribution in [2.75, 3.05) is 11.9 Å². The van der Waals surface area contributed by atoms with Crippen LogP contribution in [0.25, 0.3) is 11.0 Å². The minimum absolute atomic E-state index is 0.862. The summed E-state index contributed by atoms with van der Waals surface area (Å²) < 4.78 is 0. The number of aromatic amines is 1. The first-order chi connectivity index (χ1) is 8.42. The van der Waals surface area contributed by atoms with E-state index < -0.39 is 0 Å². The second kappa shape index (κ2) is 4.78. The van der Waals surface area contributed by atoms with Crippen LogP contribution < -0.4 is 5.32 Å². The Hall–Kier alpha value is -1.51. The van der Waals surface area contributed by atoms with Crippen molar-refractivity contribution >= 4 is 16.7 Å². The van der Waals surface area contributed by atoms with Crippen molar-refractivity contribution in [2.45, 2.75) is 32.1 Å². The van der Waals surface area contributed by atoms with Gasteiger partial charge in [0.15, 0.2) is 0 Å². The summed E-state index contributed by atoms with van der Waals surface area (Å²) in [5, 5.41) is 3.55. The van der Waals surface area contributed by atoms with Crippen LogP contribution in [-0.4, -0.2) is 16.5 Å². The molecule has 3 heteroatoms. The maximum atomic E-state index is 4.23. The van der Waals surface area contributed by atoms with Crippen LogP contribution >= 0.6 is 0 Å². The SMILES string of the molecule is c1nc2ccc(NCC3CCCCC3)cc2[nH]1. The van der Waals surface area contributed by atoms with Crippen LogP contribution in [0.4, 0.5) is 5.69 Å². The van der Waals surface area contributed by atoms with Crippen molar-refractivity contribution in [3.05, 3.63) is 24.5 Å². The van der Waals surface area contributed by atoms with E-state index in [1.807, 2.05) is 0 Å². The molecule has 0 radical (unpaired) electrons. The van der Waals surface area contributed by atoms with Crippen molar-refractivity contribution in [1.82, 2.24) is 9.97 Å². The number of fused-ring (bicyclic) bond motifs is 1. The molecular weight excluding hydrogens is 210 g/mol. The summed E-state index contributed by atoms with van der Waals surface area (Å²) in [5.74, 6) is 0.862. The molecular formula is C14H19N3. The predicted molar refractivity (Wildman–Crippen MR) is 71.2 cm³/mol. The van der Waals surface area contributed by atoms with Gasteiger partial charge in [-0.3, -0.25) is 0 Å². The number of nitrogens with one attached hydrogen (secondary N) is 2. The number of hydrogen-bond acceptors (Lipinski definition) is 2. The average molecular weight is 229 g/mol. The van der Waals surface area contributed by atoms with E-state index in [1.54, 1.807) is 6.33 Å². The number of H-pyrrole nitrogens is 1. The Kier molecular flexibility index (Phi) is 2.99. The van der Waals surface area contributed by atoms with Crippen LogP contribution in [0.1, 0.15) is 32.1 Å². The molecule has 1 heterocycles. The topological polar surface area (TPSA) is 40.7 Å². The van der Waals surface area contributed by atoms with Gasteiger partial charge >= 0.3 is 0 Å². The Balaban J connectivity index is 1.63. The second-order valence-corrected chi connectivity index (χ2v) is 5.02. The molecule has 1 aromatic carbocycles. The van der Waals surface area contributed by atoms with E-state index in [9.17, 15) is 0 Å². The molecule has 3 rings (SSSR count). The maximum Gasteiger partial charge on any atom is 0.0931 e. The van der Waals surface area contributed by atoms with Crippen LogP contribution in [0.15, 0.2) is 24.5 Å². The molecule has 1 saturated carbocycles. The lowest BCUT2D eigenvalue weighted by Crippen LogP contribution is -2.16. The second-order valence-electron chi connectivity index (χ2n) is 5.02. The van der Waals surface area contributed by atoms with Crippen LogP contribution in [-0.2, 0) is 0 Å². The molecule has 1 aliphatic carbocycles. The number of imidazole rings is 1. The van der Waals surface area contributed by atoms with E-state index in [4.69, 9.17) is 0 Å². The summed E-state index contributed by atoms with van der Waals surface area (Å²) in [4.78, 5) is 7.37. The minimum Gasteiger partial charge on any atom is -0.385 e. The van der Waals surface area contributed by atoms with Gasteiger partial charge in [-0.1, -0.05) is 19.3 Å². The fraction of sp³-hybridized carbons (Fsp3) is 0.500. The third-order valence-corrected chi connectivity index (χ3v) is 3.74. The van der Waals surface area contributed by atoms with E-state index in [0.29, 0.717) is 0 Å². The van der Waals surface area contributed by atoms with Crippen LogP contribution in [0.5, 0.6) is 0 Å². The minimum atomic E-state index is 0.862. The Morgan fingerprint density at radius 3 is 3.00 bits per heavy atom. The van der Waals surface area contributed by atoms with Gasteiger partial charge in [0.25, 0.3) is 0 Å². The summed E-state index contributed by atoms with van der Waals surface area (Å²) in [5.41, 5.74) is 3.35. The summed E-state index contributed by atoms with van der Waals surface area (Å²) in [6.07, 6.45) is 8.77. The van der Waals surface area contributed by atoms with Crippen molar-refractivity contribution in [2.24, 2.45) is 5.92 Å². The van der Waals surface area contributed by atoms with Crippen molar-refractivity contribution in [3.63, 3.8) is 0 Å². The molecule has 0 spiro atoms. The molecule has 3 nitrogen and oxygen atoms in total. The number of benzene rings is 1. The van der Waals surface area contributed by atoms with Gasteiger partial charge in [0.1, 0.15) is 0 Å². The van der Waals surface area contributed by atoms with Gasteiger partial charge in [-0.2, -0.15) is 0 Å². The van der Waals surface area contributed by atoms with E-state index >= 15 is 0 Å². The molecule has 0 saturated heterocycles. The van der Waals surface area contributed by atoms with E-state index in [1.165, 1.54) is 37.8 Å². The average Bonchev–Trinajstić information content (AvgIpc) is 2.85. The molecule has 2 N–H and O–H groups in total. The zero-order chi connectivity index (χ0) is 11.5. The van der Waals surface area contributed by atoms with Crippen LogP contribution in [0, 0.1) is 5.92 Å². The van der Waals surface area contributed by atoms with E-state index in [-0.39, 0.29) is 0 Å². The van der Waals surface area contributed by atoms with Gasteiger partial charge in [-0.15, -0.1) is 0 Å². The van der Waals surface area contributed by atoms with Gasteiger partial charge in [-0.05, 0) is 37.0 Å². The lowest BCUT2D eigenvalue weighted by atomic mass is 9.89. The highest BCUT2D eigenvalue weighted by Gasteiger charge is 2.12. The van der Waals surface area contributed by atoms with Crippen LogP contribution in [0.2, 0.25) is 0 Å². The first-order valence-corrected chi connectivity index (χ1v) is 6.59. The van der Waals surface area contributed by atoms with Gasteiger partial charge in [0.2, 0.25) is 0 Å². The quantitative estimate of drug-likeness (QED) is 0.845. The van der Waals surface area contributed by atoms with Crippen LogP contribution in [0.3, 0.4) is 0 Å². The van der Waals surface area contributed by atoms with Gasteiger partial charge in [0, 0.05) is 12.2 Å². The molecule has 90 valence electrons. The zero-order valence-electron chi connectivity index (χ0n) is 10.1. The van der Waals surface area contributed by atoms with E-state index in [0.717, 1.165) is 23.5 Å². The Labute approximate surface area is 102 Å². The number of nitrogens with zero attached hydrogens (tertiary/aromatic N) is 1. The molecule has 0 atom stereocenters. The third-order valence-electron chi connectivity index (χ3n) is 3.74. The molecule has 1 aliphatic rings. The molecule has 0 bridgehead atoms. The molecule has 2 aromatic rings. The monoisotopic (exact) mass is 229 g/mol. The molecule has 17 heavy (non-hydrogen) atoms. The number of anilines is 1. The third kappa shape index (κ3) is 2.43. The fourth-order valence-corrected chi connectivity index (χ4v) is 2.70. The molecule has 0 amide bonds. The predicted octanol–water partition coefficient (Wildman–Crippen LogP) is 3.56. The number of rotatable bonds is 3. The highest BCUT2D eigenvalue weighted by molar-refractivity contribution is 5.78. The van der Waals surface area contributed by atoms with Crippen molar-refractivity contribution < 1.29 is 0 Å². The summed E-state index contributed by atoms with van der Waals surface area (Å²) in [7, 11) is 0. The van der Waals surface area contributed by atoms with Gasteiger partial charge in [-0.25, -0.2) is 4.98 Å². The Morgan fingerprint density at radius 1 is 1.24 bits per heavy atom. The van der Waals surface area contributed by atoms with Crippen molar-refractivity contribution in [3.8, 4) is 0 Å². The fourth-order valence-electron chi connectivity index (χ4n) is 2.70. The summed E-state index contributed by atoms with van der Waals surface area (Å²) in [6.45, 7) is 1.11. The molecule has 1 fully saturated rings. The first kappa shape index (κ1) is 10.6. The summed E-state index contributed by atoms with van der Waals surface area (Å²) >= 11 is 0. The van der Waals surface area contributed by atoms with Gasteiger partial charge in [0.05, 0.1) is 17.4 Å². The first-order valence-electron chi connectivity index (χ1n) is 6.59. The normalized spacial score (nSPS) is 17.4. The molecule has 1 aromatic heterocycles.